The van der Waals surface area contributed by atoms with Crippen LogP contribution in [0.1, 0.15) is 29.8 Å². The lowest BCUT2D eigenvalue weighted by molar-refractivity contribution is -0.120. The molecule has 0 aromatic heterocycles. The van der Waals surface area contributed by atoms with Gasteiger partial charge in [0, 0.05) is 22.0 Å². The van der Waals surface area contributed by atoms with Gasteiger partial charge in [-0.3, -0.25) is 14.4 Å². The van der Waals surface area contributed by atoms with Crippen molar-refractivity contribution in [3.63, 3.8) is 0 Å². The molecule has 3 aromatic carbocycles. The summed E-state index contributed by atoms with van der Waals surface area (Å²) in [6.07, 6.45) is 0.0490. The van der Waals surface area contributed by atoms with Crippen LogP contribution in [0.2, 0.25) is 5.02 Å². The molecular weight excluding hydrogens is 501 g/mol. The van der Waals surface area contributed by atoms with E-state index in [2.05, 4.69) is 10.6 Å². The van der Waals surface area contributed by atoms with Gasteiger partial charge in [0.1, 0.15) is 16.5 Å². The number of imide groups is 1. The van der Waals surface area contributed by atoms with Crippen molar-refractivity contribution in [1.82, 2.24) is 0 Å². The van der Waals surface area contributed by atoms with Gasteiger partial charge in [0.25, 0.3) is 17.7 Å². The lowest BCUT2D eigenvalue weighted by Crippen LogP contribution is -2.32. The van der Waals surface area contributed by atoms with Gasteiger partial charge in [0.15, 0.2) is 0 Å². The lowest BCUT2D eigenvalue weighted by atomic mass is 10.1. The third-order valence-corrected chi connectivity index (χ3v) is 6.15. The highest BCUT2D eigenvalue weighted by molar-refractivity contribution is 6.53. The fourth-order valence-corrected chi connectivity index (χ4v) is 4.03. The lowest BCUT2D eigenvalue weighted by Gasteiger charge is -2.18. The van der Waals surface area contributed by atoms with E-state index >= 15 is 0 Å². The number of benzene rings is 3. The molecule has 1 aliphatic heterocycles. The van der Waals surface area contributed by atoms with Crippen molar-refractivity contribution in [1.29, 1.82) is 0 Å². The van der Waals surface area contributed by atoms with Crippen LogP contribution in [-0.4, -0.2) is 23.8 Å². The number of halogens is 2. The molecule has 0 fully saturated rings. The van der Waals surface area contributed by atoms with E-state index in [-0.39, 0.29) is 22.7 Å². The Morgan fingerprint density at radius 1 is 0.917 bits per heavy atom. The molecule has 0 spiro atoms. The second kappa shape index (κ2) is 10.4. The number of amides is 3. The highest BCUT2D eigenvalue weighted by Crippen LogP contribution is 2.34. The Labute approximate surface area is 218 Å². The van der Waals surface area contributed by atoms with Gasteiger partial charge >= 0.3 is 0 Å². The summed E-state index contributed by atoms with van der Waals surface area (Å²) in [5, 5.41) is 5.89. The molecule has 4 rings (SSSR count). The zero-order valence-electron chi connectivity index (χ0n) is 19.8. The molecule has 0 atom stereocenters. The van der Waals surface area contributed by atoms with E-state index in [1.54, 1.807) is 73.7 Å². The predicted molar refractivity (Wildman–Crippen MR) is 142 cm³/mol. The topological polar surface area (TPSA) is 87.7 Å². The average molecular weight is 524 g/mol. The van der Waals surface area contributed by atoms with Crippen molar-refractivity contribution in [2.24, 2.45) is 0 Å². The summed E-state index contributed by atoms with van der Waals surface area (Å²) in [7, 11) is 0. The molecule has 0 bridgehead atoms. The number of nitrogens with zero attached hydrogens (tertiary/aromatic N) is 1. The molecule has 9 heteroatoms. The largest absolute Gasteiger partial charge is 0.491 e. The van der Waals surface area contributed by atoms with E-state index in [1.165, 1.54) is 0 Å². The van der Waals surface area contributed by atoms with Crippen molar-refractivity contribution >= 4 is 58.0 Å². The number of nitrogens with one attached hydrogen (secondary N) is 2. The molecule has 0 radical (unpaired) electrons. The summed E-state index contributed by atoms with van der Waals surface area (Å²) >= 11 is 12.4. The number of hydrogen-bond donors (Lipinski definition) is 2. The maximum Gasteiger partial charge on any atom is 0.283 e. The Balaban J connectivity index is 1.50. The molecule has 3 aromatic rings. The molecule has 7 nitrogen and oxygen atoms in total. The molecule has 3 amide bonds. The SMILES string of the molecule is Cc1c(Cl)cccc1N1C(=O)C(Cl)=C(Nc2cccc(C(=O)Nc3ccc(OC(C)C)cc3)c2)C1=O. The van der Waals surface area contributed by atoms with Gasteiger partial charge in [-0.1, -0.05) is 35.3 Å². The van der Waals surface area contributed by atoms with Crippen LogP contribution in [0.5, 0.6) is 5.75 Å². The monoisotopic (exact) mass is 523 g/mol. The molecule has 0 unspecified atom stereocenters. The Morgan fingerprint density at radius 2 is 1.61 bits per heavy atom. The minimum absolute atomic E-state index is 0.0490. The first-order valence-electron chi connectivity index (χ1n) is 11.1. The Bertz CT molecular complexity index is 1380. The second-order valence-electron chi connectivity index (χ2n) is 8.37. The van der Waals surface area contributed by atoms with Gasteiger partial charge in [-0.15, -0.1) is 0 Å². The smallest absolute Gasteiger partial charge is 0.283 e. The minimum atomic E-state index is -0.659. The number of anilines is 3. The number of rotatable bonds is 7. The Hall–Kier alpha value is -3.81. The van der Waals surface area contributed by atoms with Crippen LogP contribution in [0, 0.1) is 6.92 Å². The van der Waals surface area contributed by atoms with Crippen LogP contribution in [0.3, 0.4) is 0 Å². The molecule has 184 valence electrons. The maximum atomic E-state index is 13.1. The number of carbonyl (C=O) groups excluding carboxylic acids is 3. The standard InChI is InChI=1S/C27H23Cl2N3O4/c1-15(2)36-20-12-10-18(11-13-20)31-25(33)17-6-4-7-19(14-17)30-24-23(29)26(34)32(27(24)35)22-9-5-8-21(28)16(22)3/h4-15,30H,1-3H3,(H,31,33). The van der Waals surface area contributed by atoms with Crippen molar-refractivity contribution in [2.45, 2.75) is 26.9 Å². The molecule has 2 N–H and O–H groups in total. The molecule has 1 heterocycles. The molecule has 0 aliphatic carbocycles. The van der Waals surface area contributed by atoms with Crippen LogP contribution in [0.25, 0.3) is 0 Å². The van der Waals surface area contributed by atoms with Crippen molar-refractivity contribution < 1.29 is 19.1 Å². The quantitative estimate of drug-likeness (QED) is 0.364. The summed E-state index contributed by atoms with van der Waals surface area (Å²) in [4.78, 5) is 39.7. The van der Waals surface area contributed by atoms with Gasteiger partial charge in [0.2, 0.25) is 0 Å². The van der Waals surface area contributed by atoms with Gasteiger partial charge < -0.3 is 15.4 Å². The second-order valence-corrected chi connectivity index (χ2v) is 9.15. The van der Waals surface area contributed by atoms with Crippen LogP contribution in [-0.2, 0) is 9.59 Å². The highest BCUT2D eigenvalue weighted by atomic mass is 35.5. The molecule has 0 saturated carbocycles. The zero-order chi connectivity index (χ0) is 26.0. The normalized spacial score (nSPS) is 13.4. The fraction of sp³-hybridized carbons (Fsp3) is 0.148. The van der Waals surface area contributed by atoms with E-state index in [4.69, 9.17) is 27.9 Å². The predicted octanol–water partition coefficient (Wildman–Crippen LogP) is 6.12. The summed E-state index contributed by atoms with van der Waals surface area (Å²) in [6, 6.07) is 18.5. The Kier molecular flexibility index (Phi) is 7.33. The number of ether oxygens (including phenoxy) is 1. The number of hydrogen-bond acceptors (Lipinski definition) is 5. The highest BCUT2D eigenvalue weighted by Gasteiger charge is 2.39. The van der Waals surface area contributed by atoms with Crippen LogP contribution >= 0.6 is 23.2 Å². The van der Waals surface area contributed by atoms with Crippen LogP contribution < -0.4 is 20.3 Å². The molecule has 0 saturated heterocycles. The van der Waals surface area contributed by atoms with Gasteiger partial charge in [0.05, 0.1) is 11.8 Å². The van der Waals surface area contributed by atoms with Crippen LogP contribution in [0.15, 0.2) is 77.5 Å². The van der Waals surface area contributed by atoms with Crippen molar-refractivity contribution in [2.75, 3.05) is 15.5 Å². The summed E-state index contributed by atoms with van der Waals surface area (Å²) in [6.45, 7) is 5.58. The summed E-state index contributed by atoms with van der Waals surface area (Å²) < 4.78 is 5.61. The van der Waals surface area contributed by atoms with E-state index in [0.717, 1.165) is 4.90 Å². The van der Waals surface area contributed by atoms with Crippen molar-refractivity contribution in [3.8, 4) is 5.75 Å². The van der Waals surface area contributed by atoms with Gasteiger partial charge in [-0.2, -0.15) is 0 Å². The first kappa shape index (κ1) is 25.3. The van der Waals surface area contributed by atoms with Gasteiger partial charge in [-0.25, -0.2) is 4.90 Å². The zero-order valence-corrected chi connectivity index (χ0v) is 21.3. The minimum Gasteiger partial charge on any atom is -0.491 e. The molecule has 36 heavy (non-hydrogen) atoms. The Morgan fingerprint density at radius 3 is 2.31 bits per heavy atom. The average Bonchev–Trinajstić information content (AvgIpc) is 3.05. The van der Waals surface area contributed by atoms with Crippen molar-refractivity contribution in [3.05, 3.63) is 93.6 Å². The summed E-state index contributed by atoms with van der Waals surface area (Å²) in [5.74, 6) is -0.916. The fourth-order valence-electron chi connectivity index (χ4n) is 3.64. The van der Waals surface area contributed by atoms with E-state index < -0.39 is 11.8 Å². The third-order valence-electron chi connectivity index (χ3n) is 5.39. The molecular formula is C27H23Cl2N3O4. The van der Waals surface area contributed by atoms with Crippen LogP contribution in [0.4, 0.5) is 17.1 Å². The molecule has 1 aliphatic rings. The van der Waals surface area contributed by atoms with E-state index in [9.17, 15) is 14.4 Å². The van der Waals surface area contributed by atoms with E-state index in [1.807, 2.05) is 13.8 Å². The summed E-state index contributed by atoms with van der Waals surface area (Å²) in [5.41, 5.74) is 2.21. The van der Waals surface area contributed by atoms with E-state index in [0.29, 0.717) is 39.0 Å². The van der Waals surface area contributed by atoms with Gasteiger partial charge in [-0.05, 0) is 80.9 Å². The third kappa shape index (κ3) is 5.22. The maximum absolute atomic E-state index is 13.1. The first-order chi connectivity index (χ1) is 17.2. The first-order valence-corrected chi connectivity index (χ1v) is 11.9. The number of carbonyl (C=O) groups is 3.